The van der Waals surface area contributed by atoms with Gasteiger partial charge < -0.3 is 20.1 Å². The Morgan fingerprint density at radius 2 is 1.91 bits per heavy atom. The van der Waals surface area contributed by atoms with Crippen LogP contribution in [0.1, 0.15) is 52.7 Å². The van der Waals surface area contributed by atoms with Crippen molar-refractivity contribution in [1.29, 1.82) is 0 Å². The molecule has 0 fully saturated rings. The molecule has 2 amide bonds. The van der Waals surface area contributed by atoms with Crippen molar-refractivity contribution in [3.05, 3.63) is 87.2 Å². The molecule has 0 unspecified atom stereocenters. The van der Waals surface area contributed by atoms with Crippen LogP contribution >= 0.6 is 11.3 Å². The predicted octanol–water partition coefficient (Wildman–Crippen LogP) is 5.25. The Labute approximate surface area is 203 Å². The summed E-state index contributed by atoms with van der Waals surface area (Å²) in [5.41, 5.74) is 2.09. The molecular weight excluding hydrogens is 448 g/mol. The number of ether oxygens (including phenoxy) is 2. The summed E-state index contributed by atoms with van der Waals surface area (Å²) in [6, 6.07) is 16.3. The maximum atomic E-state index is 13.5. The third kappa shape index (κ3) is 5.48. The molecule has 0 saturated carbocycles. The molecule has 1 aliphatic rings. The molecule has 2 N–H and O–H groups in total. The summed E-state index contributed by atoms with van der Waals surface area (Å²) in [7, 11) is 1.60. The van der Waals surface area contributed by atoms with Crippen molar-refractivity contribution in [2.24, 2.45) is 0 Å². The van der Waals surface area contributed by atoms with Crippen LogP contribution < -0.4 is 20.1 Å². The highest BCUT2D eigenvalue weighted by Gasteiger charge is 2.35. The molecule has 2 aromatic carbocycles. The normalized spacial score (nSPS) is 16.7. The van der Waals surface area contributed by atoms with Crippen molar-refractivity contribution >= 4 is 29.2 Å². The number of thiophene rings is 1. The lowest BCUT2D eigenvalue weighted by atomic mass is 9.89. The quantitative estimate of drug-likeness (QED) is 0.476. The van der Waals surface area contributed by atoms with Crippen molar-refractivity contribution in [2.75, 3.05) is 7.11 Å². The number of hydrogen-bond acceptors (Lipinski definition) is 5. The predicted molar refractivity (Wildman–Crippen MR) is 134 cm³/mol. The fourth-order valence-electron chi connectivity index (χ4n) is 3.90. The maximum absolute atomic E-state index is 13.5. The zero-order chi connectivity index (χ0) is 24.3. The fourth-order valence-corrected chi connectivity index (χ4v) is 4.56. The molecule has 176 valence electrons. The third-order valence-electron chi connectivity index (χ3n) is 5.62. The Morgan fingerprint density at radius 1 is 1.15 bits per heavy atom. The summed E-state index contributed by atoms with van der Waals surface area (Å²) in [4.78, 5) is 27.2. The van der Waals surface area contributed by atoms with E-state index in [4.69, 9.17) is 9.47 Å². The molecule has 3 aromatic rings. The monoisotopic (exact) mass is 476 g/mol. The molecule has 4 rings (SSSR count). The van der Waals surface area contributed by atoms with Crippen molar-refractivity contribution in [3.8, 4) is 11.5 Å². The molecule has 0 aliphatic carbocycles. The Kier molecular flexibility index (Phi) is 6.75. The largest absolute Gasteiger partial charge is 0.497 e. The molecule has 0 bridgehead atoms. The number of aryl methyl sites for hydroxylation is 1. The topological polar surface area (TPSA) is 76.7 Å². The van der Waals surface area contributed by atoms with Crippen LogP contribution in [0.3, 0.4) is 0 Å². The molecule has 6 nitrogen and oxygen atoms in total. The van der Waals surface area contributed by atoms with Crippen molar-refractivity contribution in [3.63, 3.8) is 0 Å². The van der Waals surface area contributed by atoms with Gasteiger partial charge in [-0.05, 0) is 68.6 Å². The minimum atomic E-state index is -0.470. The molecule has 0 saturated heterocycles. The Morgan fingerprint density at radius 3 is 2.59 bits per heavy atom. The molecule has 0 spiro atoms. The fraction of sp³-hybridized carbons (Fsp3) is 0.259. The van der Waals surface area contributed by atoms with Gasteiger partial charge in [0.25, 0.3) is 11.8 Å². The highest BCUT2D eigenvalue weighted by atomic mass is 32.1. The summed E-state index contributed by atoms with van der Waals surface area (Å²) >= 11 is 1.49. The van der Waals surface area contributed by atoms with E-state index in [1.807, 2.05) is 68.6 Å². The summed E-state index contributed by atoms with van der Waals surface area (Å²) < 4.78 is 11.5. The van der Waals surface area contributed by atoms with Gasteiger partial charge in [-0.1, -0.05) is 23.8 Å². The van der Waals surface area contributed by atoms with Gasteiger partial charge in [-0.2, -0.15) is 0 Å². The lowest BCUT2D eigenvalue weighted by Crippen LogP contribution is -2.43. The lowest BCUT2D eigenvalue weighted by molar-refractivity contribution is -0.119. The molecule has 0 radical (unpaired) electrons. The van der Waals surface area contributed by atoms with Crippen LogP contribution in [0, 0.1) is 6.92 Å². The van der Waals surface area contributed by atoms with Gasteiger partial charge in [0.2, 0.25) is 0 Å². The maximum Gasteiger partial charge on any atom is 0.268 e. The van der Waals surface area contributed by atoms with Crippen LogP contribution in [0.15, 0.2) is 65.7 Å². The zero-order valence-corrected chi connectivity index (χ0v) is 20.5. The Bertz CT molecular complexity index is 1210. The lowest BCUT2D eigenvalue weighted by Gasteiger charge is -2.38. The van der Waals surface area contributed by atoms with E-state index in [2.05, 4.69) is 10.6 Å². The van der Waals surface area contributed by atoms with E-state index in [1.54, 1.807) is 25.3 Å². The highest BCUT2D eigenvalue weighted by molar-refractivity contribution is 7.10. The van der Waals surface area contributed by atoms with E-state index in [9.17, 15) is 9.59 Å². The first-order chi connectivity index (χ1) is 16.2. The number of fused-ring (bicyclic) bond motifs is 1. The van der Waals surface area contributed by atoms with E-state index in [1.165, 1.54) is 11.3 Å². The minimum Gasteiger partial charge on any atom is -0.497 e. The van der Waals surface area contributed by atoms with Crippen LogP contribution in [0.25, 0.3) is 6.08 Å². The Hall–Kier alpha value is -3.58. The summed E-state index contributed by atoms with van der Waals surface area (Å²) in [6.45, 7) is 5.93. The Balaban J connectivity index is 1.62. The van der Waals surface area contributed by atoms with Gasteiger partial charge in [-0.15, -0.1) is 11.3 Å². The van der Waals surface area contributed by atoms with Crippen molar-refractivity contribution < 1.29 is 19.1 Å². The average molecular weight is 477 g/mol. The SMILES string of the molecule is COc1ccc2c(c1)[C@H](NC(=O)/C(=C/c1cccs1)NC(=O)c1ccc(C)cc1)CC(C)(C)O2. The number of hydrogen-bond donors (Lipinski definition) is 2. The molecule has 1 aliphatic heterocycles. The van der Waals surface area contributed by atoms with E-state index in [0.717, 1.165) is 16.0 Å². The first kappa shape index (κ1) is 23.6. The number of benzene rings is 2. The second kappa shape index (κ2) is 9.73. The zero-order valence-electron chi connectivity index (χ0n) is 19.7. The van der Waals surface area contributed by atoms with Crippen LogP contribution in [0.5, 0.6) is 11.5 Å². The number of carbonyl (C=O) groups is 2. The van der Waals surface area contributed by atoms with E-state index < -0.39 is 5.60 Å². The van der Waals surface area contributed by atoms with Gasteiger partial charge in [0, 0.05) is 22.4 Å². The van der Waals surface area contributed by atoms with Gasteiger partial charge in [0.05, 0.1) is 13.2 Å². The number of rotatable bonds is 6. The van der Waals surface area contributed by atoms with Crippen molar-refractivity contribution in [1.82, 2.24) is 10.6 Å². The number of carbonyl (C=O) groups excluding carboxylic acids is 2. The molecule has 2 heterocycles. The van der Waals surface area contributed by atoms with Gasteiger partial charge in [-0.25, -0.2) is 0 Å². The molecule has 1 aromatic heterocycles. The first-order valence-corrected chi connectivity index (χ1v) is 11.9. The highest BCUT2D eigenvalue weighted by Crippen LogP contribution is 2.41. The summed E-state index contributed by atoms with van der Waals surface area (Å²) in [5.74, 6) is 0.677. The van der Waals surface area contributed by atoms with Crippen LogP contribution in [-0.4, -0.2) is 24.5 Å². The molecule has 1 atom stereocenters. The van der Waals surface area contributed by atoms with Gasteiger partial charge in [0.1, 0.15) is 22.8 Å². The standard InChI is InChI=1S/C27H28N2O4S/c1-17-7-9-18(10-8-17)25(30)28-22(15-20-6-5-13-34-20)26(31)29-23-16-27(2,3)33-24-12-11-19(32-4)14-21(23)24/h5-15,23H,16H2,1-4H3,(H,28,30)(H,29,31)/b22-15-/t23-/m1/s1. The number of amides is 2. The third-order valence-corrected chi connectivity index (χ3v) is 6.44. The second-order valence-corrected chi connectivity index (χ2v) is 9.87. The van der Waals surface area contributed by atoms with Crippen LogP contribution in [0.4, 0.5) is 0 Å². The van der Waals surface area contributed by atoms with Crippen LogP contribution in [-0.2, 0) is 4.79 Å². The first-order valence-electron chi connectivity index (χ1n) is 11.0. The van der Waals surface area contributed by atoms with Gasteiger partial charge >= 0.3 is 0 Å². The smallest absolute Gasteiger partial charge is 0.268 e. The van der Waals surface area contributed by atoms with E-state index in [-0.39, 0.29) is 23.6 Å². The van der Waals surface area contributed by atoms with Gasteiger partial charge in [0.15, 0.2) is 0 Å². The number of nitrogens with one attached hydrogen (secondary N) is 2. The van der Waals surface area contributed by atoms with Crippen molar-refractivity contribution in [2.45, 2.75) is 38.8 Å². The van der Waals surface area contributed by atoms with Crippen LogP contribution in [0.2, 0.25) is 0 Å². The van der Waals surface area contributed by atoms with E-state index in [0.29, 0.717) is 23.5 Å². The average Bonchev–Trinajstić information content (AvgIpc) is 3.31. The molecular formula is C27H28N2O4S. The molecule has 34 heavy (non-hydrogen) atoms. The minimum absolute atomic E-state index is 0.182. The second-order valence-electron chi connectivity index (χ2n) is 8.89. The number of methoxy groups -OCH3 is 1. The van der Waals surface area contributed by atoms with Gasteiger partial charge in [-0.3, -0.25) is 9.59 Å². The molecule has 7 heteroatoms. The summed E-state index contributed by atoms with van der Waals surface area (Å²) in [6.07, 6.45) is 2.26. The summed E-state index contributed by atoms with van der Waals surface area (Å²) in [5, 5.41) is 7.84. The van der Waals surface area contributed by atoms with E-state index >= 15 is 0 Å².